The first kappa shape index (κ1) is 11.7. The van der Waals surface area contributed by atoms with E-state index in [0.29, 0.717) is 0 Å². The van der Waals surface area contributed by atoms with Crippen LogP contribution in [-0.2, 0) is 32.7 Å². The molecule has 0 saturated carbocycles. The van der Waals surface area contributed by atoms with Gasteiger partial charge in [0.2, 0.25) is 5.91 Å². The van der Waals surface area contributed by atoms with Gasteiger partial charge in [-0.05, 0) is 18.2 Å². The van der Waals surface area contributed by atoms with Crippen molar-refractivity contribution in [2.24, 2.45) is 5.73 Å². The zero-order valence-corrected chi connectivity index (χ0v) is 8.89. The summed E-state index contributed by atoms with van der Waals surface area (Å²) in [6.45, 7) is 0. The molecular weight excluding hydrogens is 241 g/mol. The number of rotatable bonds is 1. The SMILES string of the molecule is NC(=O)c1ccc(F)c(F)c1.[HH].[Y]. The van der Waals surface area contributed by atoms with E-state index in [-0.39, 0.29) is 39.7 Å². The summed E-state index contributed by atoms with van der Waals surface area (Å²) in [5.41, 5.74) is 4.77. The molecule has 63 valence electrons. The largest absolute Gasteiger partial charge is 0.366 e. The number of primary amides is 1. The number of nitrogens with two attached hydrogens (primary N) is 1. The molecule has 0 saturated heterocycles. The summed E-state index contributed by atoms with van der Waals surface area (Å²) in [5.74, 6) is -2.83. The van der Waals surface area contributed by atoms with E-state index >= 15 is 0 Å². The van der Waals surface area contributed by atoms with Gasteiger partial charge in [0, 0.05) is 39.7 Å². The number of amides is 1. The Hall–Kier alpha value is -0.346. The Bertz CT molecular complexity index is 309. The fourth-order valence-electron chi connectivity index (χ4n) is 0.649. The molecule has 0 spiro atoms. The quantitative estimate of drug-likeness (QED) is 0.799. The van der Waals surface area contributed by atoms with Gasteiger partial charge in [0.15, 0.2) is 11.6 Å². The van der Waals surface area contributed by atoms with Crippen LogP contribution in [0.3, 0.4) is 0 Å². The minimum Gasteiger partial charge on any atom is -0.366 e. The molecular formula is C7H7F2NOY. The average molecular weight is 248 g/mol. The molecule has 1 amide bonds. The Kier molecular flexibility index (Phi) is 4.49. The molecule has 1 aromatic rings. The van der Waals surface area contributed by atoms with Crippen LogP contribution < -0.4 is 5.73 Å². The summed E-state index contributed by atoms with van der Waals surface area (Å²) in [6.07, 6.45) is 0. The van der Waals surface area contributed by atoms with Crippen molar-refractivity contribution < 1.29 is 47.7 Å². The molecule has 0 heterocycles. The topological polar surface area (TPSA) is 43.1 Å². The van der Waals surface area contributed by atoms with Crippen LogP contribution in [0.15, 0.2) is 18.2 Å². The van der Waals surface area contributed by atoms with Gasteiger partial charge < -0.3 is 5.73 Å². The maximum Gasteiger partial charge on any atom is 0.248 e. The normalized spacial score (nSPS) is 8.83. The van der Waals surface area contributed by atoms with Crippen LogP contribution in [0.25, 0.3) is 0 Å². The molecule has 1 radical (unpaired) electrons. The Morgan fingerprint density at radius 3 is 2.33 bits per heavy atom. The third-order valence-corrected chi connectivity index (χ3v) is 1.20. The molecule has 12 heavy (non-hydrogen) atoms. The zero-order valence-electron chi connectivity index (χ0n) is 6.05. The first-order chi connectivity index (χ1) is 5.11. The molecule has 2 N–H and O–H groups in total. The summed E-state index contributed by atoms with van der Waals surface area (Å²) in [4.78, 5) is 10.4. The fourth-order valence-corrected chi connectivity index (χ4v) is 0.649. The molecule has 5 heteroatoms. The van der Waals surface area contributed by atoms with Gasteiger partial charge in [-0.3, -0.25) is 4.79 Å². The number of benzene rings is 1. The molecule has 0 bridgehead atoms. The van der Waals surface area contributed by atoms with Crippen LogP contribution >= 0.6 is 0 Å². The van der Waals surface area contributed by atoms with Crippen LogP contribution in [0.4, 0.5) is 8.78 Å². The third kappa shape index (κ3) is 2.61. The van der Waals surface area contributed by atoms with E-state index in [1.807, 2.05) is 0 Å². The van der Waals surface area contributed by atoms with Gasteiger partial charge in [-0.25, -0.2) is 8.78 Å². The molecule has 0 aliphatic rings. The van der Waals surface area contributed by atoms with Gasteiger partial charge in [0.1, 0.15) is 0 Å². The van der Waals surface area contributed by atoms with E-state index < -0.39 is 17.5 Å². The summed E-state index contributed by atoms with van der Waals surface area (Å²) in [5, 5.41) is 0. The van der Waals surface area contributed by atoms with Crippen molar-refractivity contribution in [3.63, 3.8) is 0 Å². The second kappa shape index (κ2) is 4.62. The number of carbonyl (C=O) groups is 1. The Morgan fingerprint density at radius 1 is 1.33 bits per heavy atom. The van der Waals surface area contributed by atoms with E-state index in [0.717, 1.165) is 18.2 Å². The molecule has 1 aromatic carbocycles. The van der Waals surface area contributed by atoms with Crippen LogP contribution in [0.5, 0.6) is 0 Å². The van der Waals surface area contributed by atoms with Crippen molar-refractivity contribution in [3.8, 4) is 0 Å². The van der Waals surface area contributed by atoms with E-state index in [4.69, 9.17) is 5.73 Å². The van der Waals surface area contributed by atoms with Crippen LogP contribution in [-0.4, -0.2) is 5.91 Å². The standard InChI is InChI=1S/C7H5F2NO.Y.H2/c8-5-2-1-4(7(10)11)3-6(5)9;;/h1-3H,(H2,10,11);;1H. The Morgan fingerprint density at radius 2 is 1.92 bits per heavy atom. The molecule has 2 nitrogen and oxygen atoms in total. The second-order valence-electron chi connectivity index (χ2n) is 1.99. The monoisotopic (exact) mass is 248 g/mol. The van der Waals surface area contributed by atoms with E-state index in [2.05, 4.69) is 0 Å². The molecule has 0 aliphatic heterocycles. The smallest absolute Gasteiger partial charge is 0.248 e. The number of carbonyl (C=O) groups excluding carboxylic acids is 1. The van der Waals surface area contributed by atoms with Crippen molar-refractivity contribution in [2.75, 3.05) is 0 Å². The van der Waals surface area contributed by atoms with E-state index in [1.165, 1.54) is 0 Å². The summed E-state index contributed by atoms with van der Waals surface area (Å²) in [7, 11) is 0. The average Bonchev–Trinajstić information content (AvgIpc) is 1.94. The predicted octanol–water partition coefficient (Wildman–Crippen LogP) is 1.31. The van der Waals surface area contributed by atoms with Gasteiger partial charge in [-0.15, -0.1) is 0 Å². The van der Waals surface area contributed by atoms with Crippen molar-refractivity contribution >= 4 is 5.91 Å². The van der Waals surface area contributed by atoms with Crippen molar-refractivity contribution in [3.05, 3.63) is 35.4 Å². The summed E-state index contributed by atoms with van der Waals surface area (Å²) < 4.78 is 24.6. The third-order valence-electron chi connectivity index (χ3n) is 1.20. The molecule has 0 aliphatic carbocycles. The minimum atomic E-state index is -1.07. The fraction of sp³-hybridized carbons (Fsp3) is 0. The number of hydrogen-bond acceptors (Lipinski definition) is 1. The molecule has 0 fully saturated rings. The van der Waals surface area contributed by atoms with Gasteiger partial charge in [-0.2, -0.15) is 0 Å². The maximum absolute atomic E-state index is 12.4. The Balaban J connectivity index is 0. The van der Waals surface area contributed by atoms with Crippen LogP contribution in [0.1, 0.15) is 11.8 Å². The zero-order chi connectivity index (χ0) is 8.43. The molecule has 0 aromatic heterocycles. The number of halogens is 2. The van der Waals surface area contributed by atoms with Gasteiger partial charge >= 0.3 is 0 Å². The summed E-state index contributed by atoms with van der Waals surface area (Å²) in [6, 6.07) is 2.74. The second-order valence-corrected chi connectivity index (χ2v) is 1.99. The number of hydrogen-bond donors (Lipinski definition) is 1. The van der Waals surface area contributed by atoms with Crippen LogP contribution in [0, 0.1) is 11.6 Å². The summed E-state index contributed by atoms with van der Waals surface area (Å²) >= 11 is 0. The molecule has 0 unspecified atom stereocenters. The molecule has 0 atom stereocenters. The first-order valence-corrected chi connectivity index (χ1v) is 2.86. The van der Waals surface area contributed by atoms with Crippen molar-refractivity contribution in [1.82, 2.24) is 0 Å². The molecule has 1 rings (SSSR count). The Labute approximate surface area is 94.5 Å². The van der Waals surface area contributed by atoms with Crippen LogP contribution in [0.2, 0.25) is 0 Å². The maximum atomic E-state index is 12.4. The van der Waals surface area contributed by atoms with Gasteiger partial charge in [-0.1, -0.05) is 0 Å². The van der Waals surface area contributed by atoms with E-state index in [1.54, 1.807) is 0 Å². The van der Waals surface area contributed by atoms with Crippen molar-refractivity contribution in [1.29, 1.82) is 0 Å². The minimum absolute atomic E-state index is 0. The predicted molar refractivity (Wildman–Crippen MR) is 37.0 cm³/mol. The van der Waals surface area contributed by atoms with E-state index in [9.17, 15) is 13.6 Å². The first-order valence-electron chi connectivity index (χ1n) is 2.86. The van der Waals surface area contributed by atoms with Crippen molar-refractivity contribution in [2.45, 2.75) is 0 Å². The van der Waals surface area contributed by atoms with Gasteiger partial charge in [0.25, 0.3) is 0 Å². The van der Waals surface area contributed by atoms with Gasteiger partial charge in [0.05, 0.1) is 0 Å².